The minimum absolute atomic E-state index is 0.0895. The molecule has 0 aliphatic rings. The number of Topliss-reactive ketones (excluding diaryl/α,β-unsaturated/α-hetero) is 1. The predicted molar refractivity (Wildman–Crippen MR) is 55.2 cm³/mol. The summed E-state index contributed by atoms with van der Waals surface area (Å²) in [6.07, 6.45) is 0.771. The predicted octanol–water partition coefficient (Wildman–Crippen LogP) is 2.02. The fourth-order valence-electron chi connectivity index (χ4n) is 0.890. The van der Waals surface area contributed by atoms with Gasteiger partial charge in [-0.2, -0.15) is 4.98 Å². The van der Waals surface area contributed by atoms with Gasteiger partial charge in [0.1, 0.15) is 5.78 Å². The summed E-state index contributed by atoms with van der Waals surface area (Å²) >= 11 is 1.52. The van der Waals surface area contributed by atoms with Crippen LogP contribution in [0.4, 0.5) is 0 Å². The Morgan fingerprint density at radius 2 is 2.36 bits per heavy atom. The average molecular weight is 214 g/mol. The molecule has 1 unspecified atom stereocenters. The fraction of sp³-hybridized carbons (Fsp3) is 0.667. The molecule has 78 valence electrons. The quantitative estimate of drug-likeness (QED) is 0.750. The first-order valence-corrected chi connectivity index (χ1v) is 5.62. The van der Waals surface area contributed by atoms with E-state index in [1.165, 1.54) is 11.8 Å². The van der Waals surface area contributed by atoms with Crippen LogP contribution < -0.4 is 0 Å². The van der Waals surface area contributed by atoms with Gasteiger partial charge in [0.15, 0.2) is 5.82 Å². The molecule has 0 spiro atoms. The first-order valence-electron chi connectivity index (χ1n) is 4.57. The summed E-state index contributed by atoms with van der Waals surface area (Å²) in [5.41, 5.74) is 0. The van der Waals surface area contributed by atoms with Gasteiger partial charge in [-0.25, -0.2) is 0 Å². The van der Waals surface area contributed by atoms with Crippen LogP contribution in [0.1, 0.15) is 37.7 Å². The van der Waals surface area contributed by atoms with Gasteiger partial charge in [-0.1, -0.05) is 12.1 Å². The van der Waals surface area contributed by atoms with Crippen molar-refractivity contribution < 1.29 is 9.32 Å². The topological polar surface area (TPSA) is 56.0 Å². The molecule has 14 heavy (non-hydrogen) atoms. The van der Waals surface area contributed by atoms with Crippen LogP contribution in [0.5, 0.6) is 0 Å². The van der Waals surface area contributed by atoms with E-state index in [0.717, 1.165) is 12.2 Å². The summed E-state index contributed by atoms with van der Waals surface area (Å²) in [7, 11) is 0. The lowest BCUT2D eigenvalue weighted by atomic mass is 10.4. The Hall–Kier alpha value is -0.840. The maximum absolute atomic E-state index is 10.8. The average Bonchev–Trinajstić information content (AvgIpc) is 2.62. The Morgan fingerprint density at radius 1 is 1.64 bits per heavy atom. The largest absolute Gasteiger partial charge is 0.338 e. The molecular formula is C9H14N2O2S. The fourth-order valence-corrected chi connectivity index (χ4v) is 1.61. The van der Waals surface area contributed by atoms with E-state index in [9.17, 15) is 4.79 Å². The zero-order valence-corrected chi connectivity index (χ0v) is 9.43. The number of carbonyl (C=O) groups excluding carboxylic acids is 1. The van der Waals surface area contributed by atoms with Gasteiger partial charge < -0.3 is 4.52 Å². The Morgan fingerprint density at radius 3 is 2.86 bits per heavy atom. The van der Waals surface area contributed by atoms with E-state index in [1.54, 1.807) is 6.92 Å². The second kappa shape index (κ2) is 5.14. The Bertz CT molecular complexity index is 312. The van der Waals surface area contributed by atoms with Crippen LogP contribution in [-0.4, -0.2) is 21.7 Å². The molecule has 0 saturated heterocycles. The highest BCUT2D eigenvalue weighted by atomic mass is 32.2. The summed E-state index contributed by atoms with van der Waals surface area (Å²) in [5.74, 6) is 1.98. The molecule has 0 N–H and O–H groups in total. The molecule has 1 rings (SSSR count). The minimum Gasteiger partial charge on any atom is -0.338 e. The van der Waals surface area contributed by atoms with Gasteiger partial charge in [-0.15, -0.1) is 11.8 Å². The number of carbonyl (C=O) groups is 1. The van der Waals surface area contributed by atoms with E-state index < -0.39 is 0 Å². The molecule has 5 heteroatoms. The van der Waals surface area contributed by atoms with E-state index >= 15 is 0 Å². The monoisotopic (exact) mass is 214 g/mol. The molecule has 0 aliphatic carbocycles. The van der Waals surface area contributed by atoms with Crippen LogP contribution in [0.2, 0.25) is 0 Å². The van der Waals surface area contributed by atoms with Crippen LogP contribution >= 0.6 is 11.8 Å². The van der Waals surface area contributed by atoms with E-state index in [1.807, 2.05) is 13.8 Å². The van der Waals surface area contributed by atoms with Crippen molar-refractivity contribution in [2.45, 2.75) is 32.4 Å². The Labute approximate surface area is 87.5 Å². The molecule has 0 saturated carbocycles. The van der Waals surface area contributed by atoms with Crippen molar-refractivity contribution in [3.63, 3.8) is 0 Å². The molecule has 0 radical (unpaired) electrons. The molecule has 1 heterocycles. The summed E-state index contributed by atoms with van der Waals surface area (Å²) in [6, 6.07) is 0. The van der Waals surface area contributed by atoms with Crippen molar-refractivity contribution in [1.29, 1.82) is 0 Å². The highest BCUT2D eigenvalue weighted by molar-refractivity contribution is 8.00. The van der Waals surface area contributed by atoms with E-state index in [4.69, 9.17) is 4.52 Å². The Balaban J connectivity index is 2.51. The standard InChI is InChI=1S/C9H14N2O2S/c1-4-8-10-9(13-11-8)7(3)14-5-6(2)12/h7H,4-5H2,1-3H3. The second-order valence-electron chi connectivity index (χ2n) is 3.06. The van der Waals surface area contributed by atoms with Crippen LogP contribution in [0.3, 0.4) is 0 Å². The van der Waals surface area contributed by atoms with Crippen LogP contribution in [0.25, 0.3) is 0 Å². The smallest absolute Gasteiger partial charge is 0.239 e. The molecule has 0 bridgehead atoms. The van der Waals surface area contributed by atoms with E-state index in [2.05, 4.69) is 10.1 Å². The molecule has 0 aromatic carbocycles. The Kier molecular flexibility index (Phi) is 4.13. The molecule has 0 aliphatic heterocycles. The molecule has 4 nitrogen and oxygen atoms in total. The van der Waals surface area contributed by atoms with Crippen LogP contribution in [0.15, 0.2) is 4.52 Å². The third-order valence-electron chi connectivity index (χ3n) is 1.68. The molecule has 1 aromatic rings. The van der Waals surface area contributed by atoms with Gasteiger partial charge in [-0.05, 0) is 13.8 Å². The van der Waals surface area contributed by atoms with Crippen molar-refractivity contribution >= 4 is 17.5 Å². The zero-order chi connectivity index (χ0) is 10.6. The third kappa shape index (κ3) is 3.14. The maximum Gasteiger partial charge on any atom is 0.239 e. The lowest BCUT2D eigenvalue weighted by molar-refractivity contribution is -0.114. The molecular weight excluding hydrogens is 200 g/mol. The number of thioether (sulfide) groups is 1. The van der Waals surface area contributed by atoms with E-state index in [-0.39, 0.29) is 11.0 Å². The summed E-state index contributed by atoms with van der Waals surface area (Å²) in [6.45, 7) is 5.51. The zero-order valence-electron chi connectivity index (χ0n) is 8.61. The molecule has 1 atom stereocenters. The van der Waals surface area contributed by atoms with Crippen LogP contribution in [-0.2, 0) is 11.2 Å². The normalized spacial score (nSPS) is 12.8. The number of hydrogen-bond acceptors (Lipinski definition) is 5. The van der Waals surface area contributed by atoms with Crippen molar-refractivity contribution in [3.8, 4) is 0 Å². The van der Waals surface area contributed by atoms with Crippen molar-refractivity contribution in [2.24, 2.45) is 0 Å². The highest BCUT2D eigenvalue weighted by Gasteiger charge is 2.14. The highest BCUT2D eigenvalue weighted by Crippen LogP contribution is 2.26. The van der Waals surface area contributed by atoms with Crippen LogP contribution in [0, 0.1) is 0 Å². The first kappa shape index (κ1) is 11.2. The second-order valence-corrected chi connectivity index (χ2v) is 4.39. The third-order valence-corrected chi connectivity index (χ3v) is 2.96. The number of hydrogen-bond donors (Lipinski definition) is 0. The first-order chi connectivity index (χ1) is 6.63. The van der Waals surface area contributed by atoms with Crippen molar-refractivity contribution in [2.75, 3.05) is 5.75 Å². The lowest BCUT2D eigenvalue weighted by Gasteiger charge is -2.02. The number of ketones is 1. The van der Waals surface area contributed by atoms with Gasteiger partial charge in [0.05, 0.1) is 11.0 Å². The van der Waals surface area contributed by atoms with Gasteiger partial charge in [0, 0.05) is 6.42 Å². The molecule has 0 amide bonds. The SMILES string of the molecule is CCc1noc(C(C)SCC(C)=O)n1. The van der Waals surface area contributed by atoms with Gasteiger partial charge in [0.2, 0.25) is 5.89 Å². The summed E-state index contributed by atoms with van der Waals surface area (Å²) in [5, 5.41) is 3.89. The molecule has 1 aromatic heterocycles. The number of nitrogens with zero attached hydrogens (tertiary/aromatic N) is 2. The number of rotatable bonds is 5. The van der Waals surface area contributed by atoms with Gasteiger partial charge in [-0.3, -0.25) is 4.79 Å². The van der Waals surface area contributed by atoms with E-state index in [0.29, 0.717) is 11.6 Å². The lowest BCUT2D eigenvalue weighted by Crippen LogP contribution is -1.97. The van der Waals surface area contributed by atoms with Gasteiger partial charge >= 0.3 is 0 Å². The number of aryl methyl sites for hydroxylation is 1. The van der Waals surface area contributed by atoms with Crippen molar-refractivity contribution in [3.05, 3.63) is 11.7 Å². The number of aromatic nitrogens is 2. The molecule has 0 fully saturated rings. The summed E-state index contributed by atoms with van der Waals surface area (Å²) < 4.78 is 5.06. The minimum atomic E-state index is 0.0895. The van der Waals surface area contributed by atoms with Crippen molar-refractivity contribution in [1.82, 2.24) is 10.1 Å². The maximum atomic E-state index is 10.8. The van der Waals surface area contributed by atoms with Gasteiger partial charge in [0.25, 0.3) is 0 Å². The summed E-state index contributed by atoms with van der Waals surface area (Å²) in [4.78, 5) is 15.0.